The van der Waals surface area contributed by atoms with E-state index in [1.54, 1.807) is 0 Å². The van der Waals surface area contributed by atoms with E-state index in [1.807, 2.05) is 0 Å². The fourth-order valence-corrected chi connectivity index (χ4v) is 4.03. The van der Waals surface area contributed by atoms with Crippen molar-refractivity contribution in [1.82, 2.24) is 5.32 Å². The van der Waals surface area contributed by atoms with Crippen LogP contribution < -0.4 is 10.2 Å². The van der Waals surface area contributed by atoms with Gasteiger partial charge in [0.05, 0.1) is 0 Å². The summed E-state index contributed by atoms with van der Waals surface area (Å²) in [5.74, 6) is 3.61. The lowest BCUT2D eigenvalue weighted by Crippen LogP contribution is -2.33. The molecule has 0 spiro atoms. The molecule has 0 bridgehead atoms. The van der Waals surface area contributed by atoms with Crippen LogP contribution in [0.2, 0.25) is 0 Å². The molecular weight excluding hydrogens is 228 g/mol. The number of hydrogen-bond donors (Lipinski definition) is 1. The van der Waals surface area contributed by atoms with Gasteiger partial charge in [-0.05, 0) is 35.5 Å². The van der Waals surface area contributed by atoms with Crippen molar-refractivity contribution < 1.29 is 0 Å². The van der Waals surface area contributed by atoms with Crippen molar-refractivity contribution >= 4 is 17.4 Å². The summed E-state index contributed by atoms with van der Waals surface area (Å²) in [6.45, 7) is 4.52. The predicted molar refractivity (Wildman–Crippen MR) is 75.8 cm³/mol. The highest BCUT2D eigenvalue weighted by Crippen LogP contribution is 2.28. The summed E-state index contributed by atoms with van der Waals surface area (Å²) in [6, 6.07) is 8.85. The summed E-state index contributed by atoms with van der Waals surface area (Å²) in [5.41, 5.74) is 2.91. The van der Waals surface area contributed by atoms with Crippen LogP contribution in [0.1, 0.15) is 12.0 Å². The highest BCUT2D eigenvalue weighted by Gasteiger charge is 2.21. The quantitative estimate of drug-likeness (QED) is 0.865. The number of nitrogens with zero attached hydrogens (tertiary/aromatic N) is 1. The average molecular weight is 248 g/mol. The molecule has 1 aromatic carbocycles. The summed E-state index contributed by atoms with van der Waals surface area (Å²) in [6.07, 6.45) is 1.40. The monoisotopic (exact) mass is 248 g/mol. The van der Waals surface area contributed by atoms with Crippen molar-refractivity contribution in [2.75, 3.05) is 36.0 Å². The van der Waals surface area contributed by atoms with Crippen molar-refractivity contribution in [2.45, 2.75) is 13.0 Å². The Morgan fingerprint density at radius 3 is 3.18 bits per heavy atom. The zero-order valence-electron chi connectivity index (χ0n) is 10.2. The molecule has 1 aromatic rings. The lowest BCUT2D eigenvalue weighted by Gasteiger charge is -2.27. The number of anilines is 1. The summed E-state index contributed by atoms with van der Waals surface area (Å²) in [5, 5.41) is 3.51. The van der Waals surface area contributed by atoms with E-state index in [4.69, 9.17) is 0 Å². The van der Waals surface area contributed by atoms with Crippen LogP contribution in [0.4, 0.5) is 5.69 Å². The van der Waals surface area contributed by atoms with Gasteiger partial charge in [-0.1, -0.05) is 18.2 Å². The standard InChI is InChI=1S/C14H20N2S/c1-2-4-14-13(3-1)9-15-6-7-16(14)10-12-5-8-17-11-12/h1-4,12,15H,5-11H2. The second-order valence-electron chi connectivity index (χ2n) is 4.98. The second-order valence-corrected chi connectivity index (χ2v) is 6.13. The third kappa shape index (κ3) is 2.61. The summed E-state index contributed by atoms with van der Waals surface area (Å²) >= 11 is 2.11. The highest BCUT2D eigenvalue weighted by atomic mass is 32.2. The largest absolute Gasteiger partial charge is 0.370 e. The molecule has 17 heavy (non-hydrogen) atoms. The molecule has 1 saturated heterocycles. The van der Waals surface area contributed by atoms with Crippen LogP contribution in [-0.2, 0) is 6.54 Å². The normalized spacial score (nSPS) is 24.5. The number of nitrogens with one attached hydrogen (secondary N) is 1. The van der Waals surface area contributed by atoms with Crippen LogP contribution in [0.5, 0.6) is 0 Å². The Balaban J connectivity index is 1.78. The van der Waals surface area contributed by atoms with E-state index < -0.39 is 0 Å². The van der Waals surface area contributed by atoms with Crippen LogP contribution in [0.25, 0.3) is 0 Å². The smallest absolute Gasteiger partial charge is 0.0412 e. The van der Waals surface area contributed by atoms with Crippen molar-refractivity contribution in [3.05, 3.63) is 29.8 Å². The fraction of sp³-hybridized carbons (Fsp3) is 0.571. The van der Waals surface area contributed by atoms with Gasteiger partial charge in [-0.3, -0.25) is 0 Å². The molecule has 1 fully saturated rings. The summed E-state index contributed by atoms with van der Waals surface area (Å²) < 4.78 is 0. The molecule has 2 aliphatic rings. The van der Waals surface area contributed by atoms with E-state index in [0.29, 0.717) is 0 Å². The zero-order chi connectivity index (χ0) is 11.5. The van der Waals surface area contributed by atoms with Crippen molar-refractivity contribution in [1.29, 1.82) is 0 Å². The summed E-state index contributed by atoms with van der Waals surface area (Å²) in [7, 11) is 0. The van der Waals surface area contributed by atoms with Gasteiger partial charge in [0.15, 0.2) is 0 Å². The average Bonchev–Trinajstić information content (AvgIpc) is 2.78. The van der Waals surface area contributed by atoms with E-state index in [9.17, 15) is 0 Å². The third-order valence-electron chi connectivity index (χ3n) is 3.71. The van der Waals surface area contributed by atoms with Gasteiger partial charge in [0.1, 0.15) is 0 Å². The Bertz CT molecular complexity index is 374. The van der Waals surface area contributed by atoms with Crippen molar-refractivity contribution in [3.8, 4) is 0 Å². The van der Waals surface area contributed by atoms with E-state index in [0.717, 1.165) is 25.6 Å². The van der Waals surface area contributed by atoms with E-state index in [-0.39, 0.29) is 0 Å². The number of para-hydroxylation sites is 1. The molecule has 3 rings (SSSR count). The van der Waals surface area contributed by atoms with Gasteiger partial charge in [0, 0.05) is 31.9 Å². The molecular formula is C14H20N2S. The molecule has 92 valence electrons. The minimum absolute atomic E-state index is 0.895. The van der Waals surface area contributed by atoms with Gasteiger partial charge in [-0.15, -0.1) is 0 Å². The Hall–Kier alpha value is -0.670. The zero-order valence-corrected chi connectivity index (χ0v) is 11.0. The van der Waals surface area contributed by atoms with Crippen LogP contribution >= 0.6 is 11.8 Å². The van der Waals surface area contributed by atoms with Crippen molar-refractivity contribution in [2.24, 2.45) is 5.92 Å². The van der Waals surface area contributed by atoms with Gasteiger partial charge in [0.25, 0.3) is 0 Å². The molecule has 1 N–H and O–H groups in total. The first-order valence-electron chi connectivity index (χ1n) is 6.55. The first-order chi connectivity index (χ1) is 8.43. The van der Waals surface area contributed by atoms with Crippen LogP contribution in [0.3, 0.4) is 0 Å². The molecule has 0 amide bonds. The fourth-order valence-electron chi connectivity index (χ4n) is 2.75. The maximum Gasteiger partial charge on any atom is 0.0412 e. The number of rotatable bonds is 2. The number of fused-ring (bicyclic) bond motifs is 1. The minimum atomic E-state index is 0.895. The molecule has 0 aromatic heterocycles. The van der Waals surface area contributed by atoms with Crippen LogP contribution in [0.15, 0.2) is 24.3 Å². The molecule has 1 atom stereocenters. The van der Waals surface area contributed by atoms with E-state index in [1.165, 1.54) is 35.7 Å². The Morgan fingerprint density at radius 1 is 1.35 bits per heavy atom. The highest BCUT2D eigenvalue weighted by molar-refractivity contribution is 7.99. The predicted octanol–water partition coefficient (Wildman–Crippen LogP) is 2.35. The lowest BCUT2D eigenvalue weighted by molar-refractivity contribution is 0.568. The molecule has 2 aliphatic heterocycles. The second kappa shape index (κ2) is 5.32. The summed E-state index contributed by atoms with van der Waals surface area (Å²) in [4.78, 5) is 2.59. The Labute approximate surface area is 108 Å². The van der Waals surface area contributed by atoms with Crippen LogP contribution in [-0.4, -0.2) is 31.1 Å². The molecule has 2 nitrogen and oxygen atoms in total. The molecule has 0 saturated carbocycles. The first-order valence-corrected chi connectivity index (χ1v) is 7.70. The Morgan fingerprint density at radius 2 is 2.29 bits per heavy atom. The van der Waals surface area contributed by atoms with Crippen LogP contribution in [0, 0.1) is 5.92 Å². The van der Waals surface area contributed by atoms with Gasteiger partial charge >= 0.3 is 0 Å². The lowest BCUT2D eigenvalue weighted by atomic mass is 10.1. The van der Waals surface area contributed by atoms with Crippen molar-refractivity contribution in [3.63, 3.8) is 0 Å². The molecule has 3 heteroatoms. The van der Waals surface area contributed by atoms with E-state index >= 15 is 0 Å². The molecule has 0 aliphatic carbocycles. The van der Waals surface area contributed by atoms with E-state index in [2.05, 4.69) is 46.2 Å². The maximum absolute atomic E-state index is 3.51. The SMILES string of the molecule is c1ccc2c(c1)CNCCN2CC1CCSC1. The molecule has 0 radical (unpaired) electrons. The number of benzene rings is 1. The minimum Gasteiger partial charge on any atom is -0.370 e. The number of hydrogen-bond acceptors (Lipinski definition) is 3. The number of thioether (sulfide) groups is 1. The van der Waals surface area contributed by atoms with Gasteiger partial charge < -0.3 is 10.2 Å². The molecule has 2 heterocycles. The molecule has 1 unspecified atom stereocenters. The third-order valence-corrected chi connectivity index (χ3v) is 4.94. The topological polar surface area (TPSA) is 15.3 Å². The van der Waals surface area contributed by atoms with Gasteiger partial charge in [0.2, 0.25) is 0 Å². The Kier molecular flexibility index (Phi) is 3.57. The van der Waals surface area contributed by atoms with Gasteiger partial charge in [-0.25, -0.2) is 0 Å². The maximum atomic E-state index is 3.51. The first kappa shape index (κ1) is 11.4. The van der Waals surface area contributed by atoms with Gasteiger partial charge in [-0.2, -0.15) is 11.8 Å².